The quantitative estimate of drug-likeness (QED) is 0.457. The summed E-state index contributed by atoms with van der Waals surface area (Å²) in [5.41, 5.74) is -0.876. The maximum atomic E-state index is 9.25. The molecule has 0 aromatic heterocycles. The second-order valence-electron chi connectivity index (χ2n) is 3.30. The third-order valence-electron chi connectivity index (χ3n) is 2.69. The molecule has 2 saturated heterocycles. The van der Waals surface area contributed by atoms with Crippen molar-refractivity contribution >= 4 is 0 Å². The average Bonchev–Trinajstić information content (AvgIpc) is 2.56. The molecule has 0 spiro atoms. The van der Waals surface area contributed by atoms with Crippen LogP contribution in [0.15, 0.2) is 0 Å². The van der Waals surface area contributed by atoms with Crippen molar-refractivity contribution in [3.05, 3.63) is 0 Å². The van der Waals surface area contributed by atoms with E-state index >= 15 is 0 Å². The Kier molecular flexibility index (Phi) is 1.85. The smallest absolute Gasteiger partial charge is 0.182 e. The molecular formula is C7H12O5. The Morgan fingerprint density at radius 1 is 1.42 bits per heavy atom. The fraction of sp³-hybridized carbons (Fsp3) is 1.00. The third-order valence-corrected chi connectivity index (χ3v) is 2.69. The molecule has 12 heavy (non-hydrogen) atoms. The monoisotopic (exact) mass is 176 g/mol. The molecule has 0 saturated carbocycles. The molecule has 5 nitrogen and oxygen atoms in total. The van der Waals surface area contributed by atoms with Gasteiger partial charge in [-0.3, -0.25) is 0 Å². The molecule has 4 atom stereocenters. The van der Waals surface area contributed by atoms with Crippen molar-refractivity contribution in [2.45, 2.75) is 18.0 Å². The Morgan fingerprint density at radius 3 is 2.58 bits per heavy atom. The van der Waals surface area contributed by atoms with E-state index in [2.05, 4.69) is 0 Å². The van der Waals surface area contributed by atoms with Gasteiger partial charge in [0.1, 0.15) is 11.7 Å². The molecule has 70 valence electrons. The fourth-order valence-corrected chi connectivity index (χ4v) is 1.94. The van der Waals surface area contributed by atoms with Crippen molar-refractivity contribution in [2.75, 3.05) is 19.8 Å². The highest BCUT2D eigenvalue weighted by Crippen LogP contribution is 2.43. The van der Waals surface area contributed by atoms with Crippen molar-refractivity contribution in [3.63, 3.8) is 0 Å². The van der Waals surface area contributed by atoms with E-state index in [1.807, 2.05) is 0 Å². The molecule has 2 rings (SSSR count). The van der Waals surface area contributed by atoms with Crippen LogP contribution >= 0.6 is 0 Å². The van der Waals surface area contributed by atoms with Gasteiger partial charge in [-0.2, -0.15) is 0 Å². The van der Waals surface area contributed by atoms with E-state index in [-0.39, 0.29) is 25.7 Å². The number of hydrogen-bond donors (Lipinski definition) is 3. The summed E-state index contributed by atoms with van der Waals surface area (Å²) in [5, 5.41) is 27.3. The number of rotatable bonds is 2. The summed E-state index contributed by atoms with van der Waals surface area (Å²) in [4.78, 5) is 0. The van der Waals surface area contributed by atoms with Gasteiger partial charge < -0.3 is 24.8 Å². The van der Waals surface area contributed by atoms with Gasteiger partial charge in [0, 0.05) is 5.92 Å². The van der Waals surface area contributed by atoms with Gasteiger partial charge in [-0.25, -0.2) is 0 Å². The van der Waals surface area contributed by atoms with Crippen molar-refractivity contribution in [1.29, 1.82) is 0 Å². The van der Waals surface area contributed by atoms with Crippen LogP contribution in [0.2, 0.25) is 0 Å². The standard InChI is InChI=1S/C7H12O5/c8-1-4-5-6(10)12-7(4,2-9)3-11-5/h4-6,8-10H,1-3H2/t4?,5?,6-,7+/m1/s1. The zero-order chi connectivity index (χ0) is 8.77. The molecule has 2 fully saturated rings. The molecule has 0 aliphatic carbocycles. The van der Waals surface area contributed by atoms with E-state index in [9.17, 15) is 5.11 Å². The van der Waals surface area contributed by atoms with Gasteiger partial charge in [-0.05, 0) is 0 Å². The van der Waals surface area contributed by atoms with Gasteiger partial charge >= 0.3 is 0 Å². The van der Waals surface area contributed by atoms with Crippen molar-refractivity contribution in [2.24, 2.45) is 5.92 Å². The minimum atomic E-state index is -1.01. The largest absolute Gasteiger partial charge is 0.396 e. The van der Waals surface area contributed by atoms with Crippen molar-refractivity contribution < 1.29 is 24.8 Å². The summed E-state index contributed by atoms with van der Waals surface area (Å²) >= 11 is 0. The molecule has 2 aliphatic rings. The first kappa shape index (κ1) is 8.40. The second-order valence-corrected chi connectivity index (χ2v) is 3.30. The molecule has 2 bridgehead atoms. The summed E-state index contributed by atoms with van der Waals surface area (Å²) < 4.78 is 10.3. The van der Waals surface area contributed by atoms with Crippen LogP contribution in [0.25, 0.3) is 0 Å². The van der Waals surface area contributed by atoms with Gasteiger partial charge in [0.15, 0.2) is 6.29 Å². The lowest BCUT2D eigenvalue weighted by molar-refractivity contribution is -0.231. The van der Waals surface area contributed by atoms with Crippen LogP contribution < -0.4 is 0 Å². The Bertz CT molecular complexity index is 185. The van der Waals surface area contributed by atoms with E-state index in [0.717, 1.165) is 0 Å². The predicted molar refractivity (Wildman–Crippen MR) is 37.2 cm³/mol. The van der Waals surface area contributed by atoms with Crippen LogP contribution in [0, 0.1) is 5.92 Å². The van der Waals surface area contributed by atoms with Crippen molar-refractivity contribution in [1.82, 2.24) is 0 Å². The van der Waals surface area contributed by atoms with Gasteiger partial charge in [-0.15, -0.1) is 0 Å². The van der Waals surface area contributed by atoms with E-state index < -0.39 is 18.0 Å². The normalized spacial score (nSPS) is 51.8. The van der Waals surface area contributed by atoms with Crippen LogP contribution in [0.3, 0.4) is 0 Å². The van der Waals surface area contributed by atoms with Crippen molar-refractivity contribution in [3.8, 4) is 0 Å². The van der Waals surface area contributed by atoms with E-state index in [1.54, 1.807) is 0 Å². The average molecular weight is 176 g/mol. The van der Waals surface area contributed by atoms with Gasteiger partial charge in [0.25, 0.3) is 0 Å². The lowest BCUT2D eigenvalue weighted by Gasteiger charge is -2.27. The molecule has 3 N–H and O–H groups in total. The third kappa shape index (κ3) is 0.855. The van der Waals surface area contributed by atoms with Gasteiger partial charge in [-0.1, -0.05) is 0 Å². The second kappa shape index (κ2) is 2.65. The van der Waals surface area contributed by atoms with Crippen LogP contribution in [0.5, 0.6) is 0 Å². The fourth-order valence-electron chi connectivity index (χ4n) is 1.94. The maximum absolute atomic E-state index is 9.25. The van der Waals surface area contributed by atoms with Crippen LogP contribution in [0.4, 0.5) is 0 Å². The first-order valence-electron chi connectivity index (χ1n) is 3.93. The topological polar surface area (TPSA) is 79.2 Å². The lowest BCUT2D eigenvalue weighted by atomic mass is 9.90. The van der Waals surface area contributed by atoms with E-state index in [0.29, 0.717) is 0 Å². The molecule has 0 aromatic carbocycles. The molecule has 2 unspecified atom stereocenters. The Labute approximate surface area is 69.5 Å². The van der Waals surface area contributed by atoms with Crippen LogP contribution in [0.1, 0.15) is 0 Å². The highest BCUT2D eigenvalue weighted by Gasteiger charge is 2.60. The summed E-state index contributed by atoms with van der Waals surface area (Å²) in [6.45, 7) is -0.121. The minimum absolute atomic E-state index is 0.137. The Hall–Kier alpha value is -0.200. The predicted octanol–water partition coefficient (Wildman–Crippen LogP) is -1.93. The zero-order valence-electron chi connectivity index (χ0n) is 6.51. The number of hydrogen-bond acceptors (Lipinski definition) is 5. The summed E-state index contributed by atoms with van der Waals surface area (Å²) in [6.07, 6.45) is -1.50. The van der Waals surface area contributed by atoms with Gasteiger partial charge in [0.2, 0.25) is 0 Å². The highest BCUT2D eigenvalue weighted by molar-refractivity contribution is 5.04. The number of aliphatic hydroxyl groups excluding tert-OH is 3. The molecule has 2 heterocycles. The van der Waals surface area contributed by atoms with Crippen LogP contribution in [-0.2, 0) is 9.47 Å². The van der Waals surface area contributed by atoms with E-state index in [4.69, 9.17) is 19.7 Å². The molecule has 0 amide bonds. The summed E-state index contributed by atoms with van der Waals surface area (Å²) in [5.74, 6) is -0.308. The number of fused-ring (bicyclic) bond motifs is 2. The first-order chi connectivity index (χ1) is 5.73. The molecule has 0 radical (unpaired) electrons. The van der Waals surface area contributed by atoms with Gasteiger partial charge in [0.05, 0.1) is 19.8 Å². The first-order valence-corrected chi connectivity index (χ1v) is 3.93. The minimum Gasteiger partial charge on any atom is -0.396 e. The molecule has 0 aromatic rings. The maximum Gasteiger partial charge on any atom is 0.182 e. The SMILES string of the molecule is OCC1C2OC[C@]1(CO)O[C@H]2O. The summed E-state index contributed by atoms with van der Waals surface area (Å²) in [6, 6.07) is 0. The molecule has 2 aliphatic heterocycles. The number of aliphatic hydroxyl groups is 3. The Morgan fingerprint density at radius 2 is 2.17 bits per heavy atom. The molecule has 5 heteroatoms. The highest BCUT2D eigenvalue weighted by atomic mass is 16.7. The zero-order valence-corrected chi connectivity index (χ0v) is 6.51. The van der Waals surface area contributed by atoms with E-state index in [1.165, 1.54) is 0 Å². The Balaban J connectivity index is 2.23. The van der Waals surface area contributed by atoms with Crippen LogP contribution in [-0.4, -0.2) is 53.1 Å². The summed E-state index contributed by atoms with van der Waals surface area (Å²) in [7, 11) is 0. The lowest BCUT2D eigenvalue weighted by Crippen LogP contribution is -2.43. The number of ether oxygens (including phenoxy) is 2. The molecular weight excluding hydrogens is 164 g/mol.